The number of hydrogen-bond acceptors (Lipinski definition) is 5. The van der Waals surface area contributed by atoms with Gasteiger partial charge in [0.05, 0.1) is 11.6 Å². The molecular formula is C17H20N4OS. The first-order valence-electron chi connectivity index (χ1n) is 7.78. The topological polar surface area (TPSA) is 78.7 Å². The molecule has 120 valence electrons. The molecule has 0 bridgehead atoms. The summed E-state index contributed by atoms with van der Waals surface area (Å²) in [7, 11) is 0. The van der Waals surface area contributed by atoms with E-state index in [1.807, 2.05) is 12.1 Å². The summed E-state index contributed by atoms with van der Waals surface area (Å²) < 4.78 is 0. The van der Waals surface area contributed by atoms with E-state index in [1.165, 1.54) is 11.3 Å². The molecule has 0 aliphatic carbocycles. The standard InChI is InChI=1S/C17H20N4OS/c1-3-14(4-2)16-20-21-17(23-16)19-15(22)10-9-12-5-7-13(11-18)8-6-12/h5-8,14H,3-4,9-10H2,1-2H3,(H,19,21,22). The predicted octanol–water partition coefficient (Wildman–Crippen LogP) is 3.88. The third kappa shape index (κ3) is 4.86. The van der Waals surface area contributed by atoms with Crippen molar-refractivity contribution in [2.75, 3.05) is 5.32 Å². The minimum absolute atomic E-state index is 0.0680. The molecule has 1 N–H and O–H groups in total. The van der Waals surface area contributed by atoms with E-state index < -0.39 is 0 Å². The first kappa shape index (κ1) is 17.1. The zero-order chi connectivity index (χ0) is 16.7. The van der Waals surface area contributed by atoms with Crippen LogP contribution in [0.3, 0.4) is 0 Å². The van der Waals surface area contributed by atoms with Crippen LogP contribution in [0.5, 0.6) is 0 Å². The lowest BCUT2D eigenvalue weighted by Gasteiger charge is -2.05. The summed E-state index contributed by atoms with van der Waals surface area (Å²) in [4.78, 5) is 12.0. The van der Waals surface area contributed by atoms with Crippen LogP contribution in [-0.2, 0) is 11.2 Å². The number of nitriles is 1. The van der Waals surface area contributed by atoms with Gasteiger partial charge in [-0.05, 0) is 37.0 Å². The van der Waals surface area contributed by atoms with Gasteiger partial charge in [0.2, 0.25) is 11.0 Å². The Morgan fingerprint density at radius 1 is 1.26 bits per heavy atom. The molecule has 0 saturated heterocycles. The zero-order valence-corrected chi connectivity index (χ0v) is 14.2. The van der Waals surface area contributed by atoms with Gasteiger partial charge >= 0.3 is 0 Å². The molecule has 2 aromatic rings. The third-order valence-electron chi connectivity index (χ3n) is 3.75. The number of anilines is 1. The average molecular weight is 328 g/mol. The van der Waals surface area contributed by atoms with Gasteiger partial charge in [-0.15, -0.1) is 10.2 Å². The van der Waals surface area contributed by atoms with Crippen molar-refractivity contribution in [2.24, 2.45) is 0 Å². The Bertz CT molecular complexity index is 683. The normalized spacial score (nSPS) is 10.5. The van der Waals surface area contributed by atoms with Gasteiger partial charge in [-0.25, -0.2) is 0 Å². The second-order valence-electron chi connectivity index (χ2n) is 5.32. The van der Waals surface area contributed by atoms with Crippen LogP contribution >= 0.6 is 11.3 Å². The van der Waals surface area contributed by atoms with E-state index in [0.717, 1.165) is 23.4 Å². The summed E-state index contributed by atoms with van der Waals surface area (Å²) in [5.74, 6) is 0.346. The molecule has 0 saturated carbocycles. The van der Waals surface area contributed by atoms with Crippen molar-refractivity contribution in [1.29, 1.82) is 5.26 Å². The van der Waals surface area contributed by atoms with E-state index in [9.17, 15) is 4.79 Å². The van der Waals surface area contributed by atoms with Crippen LogP contribution in [0.1, 0.15) is 55.2 Å². The van der Waals surface area contributed by atoms with Crippen LogP contribution < -0.4 is 5.32 Å². The molecule has 1 aromatic carbocycles. The van der Waals surface area contributed by atoms with Gasteiger partial charge in [0.1, 0.15) is 5.01 Å². The Kier molecular flexibility index (Phi) is 6.24. The van der Waals surface area contributed by atoms with Crippen molar-refractivity contribution in [2.45, 2.75) is 45.4 Å². The predicted molar refractivity (Wildman–Crippen MR) is 91.3 cm³/mol. The molecule has 23 heavy (non-hydrogen) atoms. The maximum absolute atomic E-state index is 12.0. The highest BCUT2D eigenvalue weighted by Crippen LogP contribution is 2.28. The molecule has 0 spiro atoms. The Morgan fingerprint density at radius 3 is 2.57 bits per heavy atom. The highest BCUT2D eigenvalue weighted by atomic mass is 32.1. The van der Waals surface area contributed by atoms with Gasteiger partial charge in [0.15, 0.2) is 0 Å². The minimum atomic E-state index is -0.0680. The van der Waals surface area contributed by atoms with E-state index in [1.54, 1.807) is 12.1 Å². The average Bonchev–Trinajstić information content (AvgIpc) is 3.03. The first-order valence-corrected chi connectivity index (χ1v) is 8.60. The SMILES string of the molecule is CCC(CC)c1nnc(NC(=O)CCc2ccc(C#N)cc2)s1. The van der Waals surface area contributed by atoms with E-state index in [2.05, 4.69) is 35.4 Å². The van der Waals surface area contributed by atoms with Crippen molar-refractivity contribution in [3.63, 3.8) is 0 Å². The van der Waals surface area contributed by atoms with E-state index in [-0.39, 0.29) is 5.91 Å². The van der Waals surface area contributed by atoms with Gasteiger partial charge in [-0.3, -0.25) is 4.79 Å². The van der Waals surface area contributed by atoms with Crippen LogP contribution in [0.4, 0.5) is 5.13 Å². The number of aryl methyl sites for hydroxylation is 1. The zero-order valence-electron chi connectivity index (χ0n) is 13.4. The van der Waals surface area contributed by atoms with E-state index >= 15 is 0 Å². The molecule has 2 rings (SSSR count). The molecule has 6 heteroatoms. The molecule has 0 aliphatic heterocycles. The summed E-state index contributed by atoms with van der Waals surface area (Å²) in [5, 5.41) is 21.3. The van der Waals surface area contributed by atoms with Gasteiger partial charge < -0.3 is 5.32 Å². The number of nitrogens with one attached hydrogen (secondary N) is 1. The molecule has 0 aliphatic rings. The van der Waals surface area contributed by atoms with Crippen molar-refractivity contribution in [1.82, 2.24) is 10.2 Å². The van der Waals surface area contributed by atoms with Gasteiger partial charge in [-0.1, -0.05) is 37.3 Å². The van der Waals surface area contributed by atoms with Crippen LogP contribution in [-0.4, -0.2) is 16.1 Å². The molecule has 0 radical (unpaired) electrons. The summed E-state index contributed by atoms with van der Waals surface area (Å²) >= 11 is 1.45. The summed E-state index contributed by atoms with van der Waals surface area (Å²) in [6, 6.07) is 9.36. The second kappa shape index (κ2) is 8.39. The number of rotatable bonds is 7. The number of hydrogen-bond donors (Lipinski definition) is 1. The molecule has 0 fully saturated rings. The number of amides is 1. The molecule has 5 nitrogen and oxygen atoms in total. The lowest BCUT2D eigenvalue weighted by Crippen LogP contribution is -2.12. The van der Waals surface area contributed by atoms with Crippen LogP contribution in [0.15, 0.2) is 24.3 Å². The maximum Gasteiger partial charge on any atom is 0.226 e. The first-order chi connectivity index (χ1) is 11.2. The second-order valence-corrected chi connectivity index (χ2v) is 6.32. The number of benzene rings is 1. The van der Waals surface area contributed by atoms with Crippen molar-refractivity contribution < 1.29 is 4.79 Å². The van der Waals surface area contributed by atoms with Gasteiger partial charge in [0, 0.05) is 12.3 Å². The fraction of sp³-hybridized carbons (Fsp3) is 0.412. The van der Waals surface area contributed by atoms with E-state index in [0.29, 0.717) is 29.5 Å². The minimum Gasteiger partial charge on any atom is -0.301 e. The molecule has 0 atom stereocenters. The molecular weight excluding hydrogens is 308 g/mol. The van der Waals surface area contributed by atoms with Crippen LogP contribution in [0.2, 0.25) is 0 Å². The fourth-order valence-corrected chi connectivity index (χ4v) is 3.30. The fourth-order valence-electron chi connectivity index (χ4n) is 2.27. The Labute approximate surface area is 140 Å². The summed E-state index contributed by atoms with van der Waals surface area (Å²) in [6.45, 7) is 4.26. The highest BCUT2D eigenvalue weighted by Gasteiger charge is 2.14. The number of carbonyl (C=O) groups is 1. The molecule has 1 heterocycles. The smallest absolute Gasteiger partial charge is 0.226 e. The largest absolute Gasteiger partial charge is 0.301 e. The van der Waals surface area contributed by atoms with Crippen LogP contribution in [0, 0.1) is 11.3 Å². The Hall–Kier alpha value is -2.26. The maximum atomic E-state index is 12.0. The van der Waals surface area contributed by atoms with Crippen molar-refractivity contribution in [3.05, 3.63) is 40.4 Å². The van der Waals surface area contributed by atoms with Crippen LogP contribution in [0.25, 0.3) is 0 Å². The number of nitrogens with zero attached hydrogens (tertiary/aromatic N) is 3. The summed E-state index contributed by atoms with van der Waals surface area (Å²) in [5.41, 5.74) is 1.66. The molecule has 1 aromatic heterocycles. The monoisotopic (exact) mass is 328 g/mol. The van der Waals surface area contributed by atoms with E-state index in [4.69, 9.17) is 5.26 Å². The highest BCUT2D eigenvalue weighted by molar-refractivity contribution is 7.15. The quantitative estimate of drug-likeness (QED) is 0.836. The van der Waals surface area contributed by atoms with Gasteiger partial charge in [-0.2, -0.15) is 5.26 Å². The Balaban J connectivity index is 1.86. The molecule has 1 amide bonds. The van der Waals surface area contributed by atoms with Gasteiger partial charge in [0.25, 0.3) is 0 Å². The van der Waals surface area contributed by atoms with Crippen molar-refractivity contribution >= 4 is 22.4 Å². The number of carbonyl (C=O) groups excluding carboxylic acids is 1. The molecule has 0 unspecified atom stereocenters. The number of aromatic nitrogens is 2. The third-order valence-corrected chi connectivity index (χ3v) is 4.75. The van der Waals surface area contributed by atoms with Crippen molar-refractivity contribution in [3.8, 4) is 6.07 Å². The lowest BCUT2D eigenvalue weighted by molar-refractivity contribution is -0.116. The Morgan fingerprint density at radius 2 is 1.96 bits per heavy atom. The summed E-state index contributed by atoms with van der Waals surface area (Å²) in [6.07, 6.45) is 3.07. The lowest BCUT2D eigenvalue weighted by atomic mass is 10.1.